The lowest BCUT2D eigenvalue weighted by atomic mass is 9.93. The molecule has 1 aromatic heterocycles. The van der Waals surface area contributed by atoms with Crippen molar-refractivity contribution in [1.29, 1.82) is 0 Å². The predicted molar refractivity (Wildman–Crippen MR) is 93.2 cm³/mol. The van der Waals surface area contributed by atoms with Crippen LogP contribution < -0.4 is 5.48 Å². The molecule has 0 unspecified atom stereocenters. The van der Waals surface area contributed by atoms with Gasteiger partial charge in [0, 0.05) is 11.1 Å². The van der Waals surface area contributed by atoms with Gasteiger partial charge in [0.15, 0.2) is 0 Å². The highest BCUT2D eigenvalue weighted by molar-refractivity contribution is 5.93. The highest BCUT2D eigenvalue weighted by atomic mass is 19.1. The number of fused-ring (bicyclic) bond motifs is 2. The fourth-order valence-electron chi connectivity index (χ4n) is 3.26. The highest BCUT2D eigenvalue weighted by Gasteiger charge is 2.18. The van der Waals surface area contributed by atoms with Crippen LogP contribution in [0.4, 0.5) is 10.1 Å². The lowest BCUT2D eigenvalue weighted by Crippen LogP contribution is -2.12. The summed E-state index contributed by atoms with van der Waals surface area (Å²) in [6.07, 6.45) is 4.41. The molecule has 2 aromatic carbocycles. The van der Waals surface area contributed by atoms with Crippen molar-refractivity contribution in [3.63, 3.8) is 0 Å². The first kappa shape index (κ1) is 15.1. The Labute approximate surface area is 140 Å². The van der Waals surface area contributed by atoms with Crippen LogP contribution in [0.2, 0.25) is 0 Å². The van der Waals surface area contributed by atoms with Crippen LogP contribution in [-0.2, 0) is 24.3 Å². The summed E-state index contributed by atoms with van der Waals surface area (Å²) in [7, 11) is 0. The zero-order valence-corrected chi connectivity index (χ0v) is 13.4. The molecule has 0 spiro atoms. The number of nitrogens with one attached hydrogen (secondary N) is 1. The van der Waals surface area contributed by atoms with Crippen molar-refractivity contribution < 1.29 is 9.23 Å². The molecule has 0 bridgehead atoms. The van der Waals surface area contributed by atoms with E-state index in [1.807, 2.05) is 18.2 Å². The molecular weight excluding hydrogens is 303 g/mol. The molecular formula is C20H19FN2O. The highest BCUT2D eigenvalue weighted by Crippen LogP contribution is 2.33. The number of nitrogens with zero attached hydrogens (tertiary/aromatic N) is 1. The SMILES string of the molecule is Fc1ccc(CONc2c3c(nc4ccccc24)CCCC3)cc1. The van der Waals surface area contributed by atoms with Crippen LogP contribution in [0.25, 0.3) is 10.9 Å². The molecule has 4 rings (SSSR count). The molecule has 4 heteroatoms. The molecule has 0 amide bonds. The van der Waals surface area contributed by atoms with Gasteiger partial charge in [-0.05, 0) is 55.0 Å². The number of rotatable bonds is 4. The molecule has 0 aliphatic heterocycles. The van der Waals surface area contributed by atoms with E-state index >= 15 is 0 Å². The van der Waals surface area contributed by atoms with Crippen molar-refractivity contribution in [2.24, 2.45) is 0 Å². The van der Waals surface area contributed by atoms with E-state index in [9.17, 15) is 4.39 Å². The van der Waals surface area contributed by atoms with E-state index in [2.05, 4.69) is 11.5 Å². The van der Waals surface area contributed by atoms with Crippen LogP contribution in [0, 0.1) is 5.82 Å². The van der Waals surface area contributed by atoms with Crippen molar-refractivity contribution >= 4 is 16.6 Å². The van der Waals surface area contributed by atoms with Gasteiger partial charge in [-0.3, -0.25) is 15.3 Å². The smallest absolute Gasteiger partial charge is 0.123 e. The van der Waals surface area contributed by atoms with Gasteiger partial charge < -0.3 is 0 Å². The fraction of sp³-hybridized carbons (Fsp3) is 0.250. The minimum atomic E-state index is -0.235. The second kappa shape index (κ2) is 6.57. The molecule has 1 heterocycles. The van der Waals surface area contributed by atoms with E-state index in [4.69, 9.17) is 9.82 Å². The second-order valence-corrected chi connectivity index (χ2v) is 6.15. The molecule has 3 nitrogen and oxygen atoms in total. The average Bonchev–Trinajstić information content (AvgIpc) is 2.63. The first-order valence-electron chi connectivity index (χ1n) is 8.34. The molecule has 0 saturated carbocycles. The van der Waals surface area contributed by atoms with Crippen molar-refractivity contribution in [3.05, 3.63) is 71.2 Å². The van der Waals surface area contributed by atoms with Crippen molar-refractivity contribution in [2.45, 2.75) is 32.3 Å². The van der Waals surface area contributed by atoms with Gasteiger partial charge in [-0.15, -0.1) is 0 Å². The summed E-state index contributed by atoms with van der Waals surface area (Å²) in [6, 6.07) is 14.5. The standard InChI is InChI=1S/C20H19FN2O/c21-15-11-9-14(10-12-15)13-24-23-20-16-5-1-3-7-18(16)22-19-8-4-2-6-17(19)20/h1,3,5,7,9-12H,2,4,6,8,13H2,(H,22,23). The Hall–Kier alpha value is -2.46. The summed E-state index contributed by atoms with van der Waals surface area (Å²) >= 11 is 0. The molecule has 122 valence electrons. The maximum Gasteiger partial charge on any atom is 0.123 e. The van der Waals surface area contributed by atoms with Gasteiger partial charge in [0.2, 0.25) is 0 Å². The third kappa shape index (κ3) is 2.97. The molecule has 1 aliphatic rings. The van der Waals surface area contributed by atoms with Gasteiger partial charge in [-0.25, -0.2) is 4.39 Å². The van der Waals surface area contributed by atoms with Gasteiger partial charge in [0.05, 0.1) is 17.8 Å². The molecule has 0 radical (unpaired) electrons. The monoisotopic (exact) mass is 322 g/mol. The van der Waals surface area contributed by atoms with Crippen LogP contribution in [0.3, 0.4) is 0 Å². The summed E-state index contributed by atoms with van der Waals surface area (Å²) in [5.74, 6) is -0.235. The summed E-state index contributed by atoms with van der Waals surface area (Å²) in [5, 5.41) is 1.08. The lowest BCUT2D eigenvalue weighted by Gasteiger charge is -2.21. The predicted octanol–water partition coefficient (Wildman–Crippen LogP) is 4.80. The largest absolute Gasteiger partial charge is 0.271 e. The quantitative estimate of drug-likeness (QED) is 0.701. The number of aryl methyl sites for hydroxylation is 1. The molecule has 0 fully saturated rings. The third-order valence-corrected chi connectivity index (χ3v) is 4.50. The van der Waals surface area contributed by atoms with Crippen molar-refractivity contribution in [2.75, 3.05) is 5.48 Å². The minimum absolute atomic E-state index is 0.235. The van der Waals surface area contributed by atoms with E-state index < -0.39 is 0 Å². The lowest BCUT2D eigenvalue weighted by molar-refractivity contribution is 0.180. The number of benzene rings is 2. The van der Waals surface area contributed by atoms with Gasteiger partial charge in [-0.1, -0.05) is 30.3 Å². The van der Waals surface area contributed by atoms with Crippen LogP contribution in [0.15, 0.2) is 48.5 Å². The molecule has 1 N–H and O–H groups in total. The Kier molecular flexibility index (Phi) is 4.13. The molecule has 3 aromatic rings. The maximum atomic E-state index is 13.0. The van der Waals surface area contributed by atoms with E-state index in [1.54, 1.807) is 12.1 Å². The second-order valence-electron chi connectivity index (χ2n) is 6.15. The van der Waals surface area contributed by atoms with Crippen molar-refractivity contribution in [1.82, 2.24) is 4.98 Å². The Morgan fingerprint density at radius 2 is 1.79 bits per heavy atom. The number of anilines is 1. The number of pyridine rings is 1. The minimum Gasteiger partial charge on any atom is -0.271 e. The fourth-order valence-corrected chi connectivity index (χ4v) is 3.26. The van der Waals surface area contributed by atoms with E-state index in [-0.39, 0.29) is 5.82 Å². The molecule has 0 atom stereocenters. The summed E-state index contributed by atoms with van der Waals surface area (Å²) in [6.45, 7) is 0.381. The zero-order chi connectivity index (χ0) is 16.4. The van der Waals surface area contributed by atoms with Crippen molar-refractivity contribution in [3.8, 4) is 0 Å². The molecule has 0 saturated heterocycles. The van der Waals surface area contributed by atoms with E-state index in [1.165, 1.54) is 36.2 Å². The average molecular weight is 322 g/mol. The summed E-state index contributed by atoms with van der Waals surface area (Å²) in [4.78, 5) is 10.5. The Balaban J connectivity index is 1.61. The van der Waals surface area contributed by atoms with Crippen LogP contribution >= 0.6 is 0 Å². The number of hydrogen-bond acceptors (Lipinski definition) is 3. The van der Waals surface area contributed by atoms with E-state index in [0.29, 0.717) is 6.61 Å². The third-order valence-electron chi connectivity index (χ3n) is 4.50. The number of aromatic nitrogens is 1. The van der Waals surface area contributed by atoms with Gasteiger partial charge in [-0.2, -0.15) is 0 Å². The topological polar surface area (TPSA) is 34.1 Å². The van der Waals surface area contributed by atoms with Gasteiger partial charge in [0.25, 0.3) is 0 Å². The first-order chi connectivity index (χ1) is 11.8. The maximum absolute atomic E-state index is 13.0. The van der Waals surface area contributed by atoms with Crippen LogP contribution in [0.1, 0.15) is 29.7 Å². The first-order valence-corrected chi connectivity index (χ1v) is 8.34. The van der Waals surface area contributed by atoms with E-state index in [0.717, 1.165) is 35.0 Å². The summed E-state index contributed by atoms with van der Waals surface area (Å²) in [5.41, 5.74) is 8.53. The van der Waals surface area contributed by atoms with Gasteiger partial charge >= 0.3 is 0 Å². The van der Waals surface area contributed by atoms with Crippen LogP contribution in [-0.4, -0.2) is 4.98 Å². The number of hydrogen-bond donors (Lipinski definition) is 1. The zero-order valence-electron chi connectivity index (χ0n) is 13.4. The molecule has 1 aliphatic carbocycles. The normalized spacial score (nSPS) is 13.7. The number of para-hydroxylation sites is 1. The Bertz CT molecular complexity index is 861. The Morgan fingerprint density at radius 1 is 1.00 bits per heavy atom. The molecule has 24 heavy (non-hydrogen) atoms. The summed E-state index contributed by atoms with van der Waals surface area (Å²) < 4.78 is 13.0. The Morgan fingerprint density at radius 3 is 2.67 bits per heavy atom. The van der Waals surface area contributed by atoms with Gasteiger partial charge in [0.1, 0.15) is 5.82 Å². The number of halogens is 1. The van der Waals surface area contributed by atoms with Crippen LogP contribution in [0.5, 0.6) is 0 Å².